The monoisotopic (exact) mass is 226 g/mol. The largest absolute Gasteiger partial charge is 0.338 e. The summed E-state index contributed by atoms with van der Waals surface area (Å²) in [5.41, 5.74) is 0. The van der Waals surface area contributed by atoms with Gasteiger partial charge in [-0.05, 0) is 31.6 Å². The second kappa shape index (κ2) is 7.53. The van der Waals surface area contributed by atoms with Gasteiger partial charge in [-0.25, -0.2) is 4.79 Å². The van der Waals surface area contributed by atoms with E-state index in [-0.39, 0.29) is 6.03 Å². The van der Waals surface area contributed by atoms with E-state index < -0.39 is 0 Å². The Balaban J connectivity index is 2.24. The number of nitrogens with one attached hydrogen (secondary N) is 1. The zero-order valence-electron chi connectivity index (χ0n) is 10.8. The van der Waals surface area contributed by atoms with Crippen molar-refractivity contribution in [3.8, 4) is 0 Å². The molecule has 0 spiro atoms. The van der Waals surface area contributed by atoms with E-state index in [0.29, 0.717) is 0 Å². The molecule has 1 aliphatic carbocycles. The summed E-state index contributed by atoms with van der Waals surface area (Å²) in [6.45, 7) is 6.87. The average Bonchev–Trinajstić information content (AvgIpc) is 2.78. The maximum Gasteiger partial charge on any atom is 0.317 e. The normalized spacial score (nSPS) is 16.4. The van der Waals surface area contributed by atoms with Crippen molar-refractivity contribution in [2.45, 2.75) is 52.4 Å². The van der Waals surface area contributed by atoms with Gasteiger partial charge in [-0.3, -0.25) is 0 Å². The predicted molar refractivity (Wildman–Crippen MR) is 67.5 cm³/mol. The highest BCUT2D eigenvalue weighted by Gasteiger charge is 2.17. The molecule has 0 radical (unpaired) electrons. The molecule has 94 valence electrons. The molecule has 3 nitrogen and oxygen atoms in total. The Morgan fingerprint density at radius 2 is 1.75 bits per heavy atom. The van der Waals surface area contributed by atoms with E-state index in [1.54, 1.807) is 0 Å². The lowest BCUT2D eigenvalue weighted by atomic mass is 10.1. The molecule has 1 rings (SSSR count). The van der Waals surface area contributed by atoms with E-state index in [1.807, 2.05) is 4.90 Å². The molecule has 0 aromatic carbocycles. The van der Waals surface area contributed by atoms with E-state index >= 15 is 0 Å². The Hall–Kier alpha value is -0.730. The van der Waals surface area contributed by atoms with Gasteiger partial charge in [0.15, 0.2) is 0 Å². The van der Waals surface area contributed by atoms with Crippen LogP contribution in [-0.2, 0) is 0 Å². The van der Waals surface area contributed by atoms with Crippen LogP contribution in [0.3, 0.4) is 0 Å². The Kier molecular flexibility index (Phi) is 6.27. The molecule has 1 N–H and O–H groups in total. The highest BCUT2D eigenvalue weighted by molar-refractivity contribution is 5.74. The zero-order chi connectivity index (χ0) is 11.8. The fourth-order valence-corrected chi connectivity index (χ4v) is 2.41. The van der Waals surface area contributed by atoms with Crippen LogP contribution in [-0.4, -0.2) is 30.6 Å². The molecule has 0 saturated heterocycles. The van der Waals surface area contributed by atoms with Gasteiger partial charge < -0.3 is 10.2 Å². The number of urea groups is 1. The van der Waals surface area contributed by atoms with E-state index in [2.05, 4.69) is 19.2 Å². The SMILES string of the molecule is CCCN(CCC)C(=O)NCC1CCCC1. The van der Waals surface area contributed by atoms with Crippen LogP contribution in [0.5, 0.6) is 0 Å². The van der Waals surface area contributed by atoms with Gasteiger partial charge in [0.25, 0.3) is 0 Å². The van der Waals surface area contributed by atoms with Gasteiger partial charge >= 0.3 is 6.03 Å². The van der Waals surface area contributed by atoms with Crippen LogP contribution >= 0.6 is 0 Å². The first-order chi connectivity index (χ1) is 7.77. The molecule has 0 aromatic rings. The fraction of sp³-hybridized carbons (Fsp3) is 0.923. The minimum atomic E-state index is 0.135. The van der Waals surface area contributed by atoms with Crippen LogP contribution in [0.2, 0.25) is 0 Å². The lowest BCUT2D eigenvalue weighted by molar-refractivity contribution is 0.196. The summed E-state index contributed by atoms with van der Waals surface area (Å²) in [6, 6.07) is 0.135. The van der Waals surface area contributed by atoms with E-state index in [4.69, 9.17) is 0 Å². The molecule has 0 aliphatic heterocycles. The number of carbonyl (C=O) groups excluding carboxylic acids is 1. The van der Waals surface area contributed by atoms with Gasteiger partial charge in [-0.15, -0.1) is 0 Å². The van der Waals surface area contributed by atoms with Crippen molar-refractivity contribution in [2.75, 3.05) is 19.6 Å². The number of hydrogen-bond acceptors (Lipinski definition) is 1. The molecule has 1 saturated carbocycles. The lowest BCUT2D eigenvalue weighted by Gasteiger charge is -2.22. The maximum atomic E-state index is 11.9. The Bertz CT molecular complexity index is 194. The average molecular weight is 226 g/mol. The van der Waals surface area contributed by atoms with Crippen LogP contribution < -0.4 is 5.32 Å². The predicted octanol–water partition coefficient (Wildman–Crippen LogP) is 3.01. The third kappa shape index (κ3) is 4.42. The molecule has 0 bridgehead atoms. The molecule has 1 fully saturated rings. The van der Waals surface area contributed by atoms with E-state index in [0.717, 1.165) is 38.4 Å². The summed E-state index contributed by atoms with van der Waals surface area (Å²) < 4.78 is 0. The summed E-state index contributed by atoms with van der Waals surface area (Å²) >= 11 is 0. The summed E-state index contributed by atoms with van der Waals surface area (Å²) in [7, 11) is 0. The summed E-state index contributed by atoms with van der Waals surface area (Å²) in [6.07, 6.45) is 7.35. The molecular formula is C13H26N2O. The standard InChI is InChI=1S/C13H26N2O/c1-3-9-15(10-4-2)13(16)14-11-12-7-5-6-8-12/h12H,3-11H2,1-2H3,(H,14,16). The van der Waals surface area contributed by atoms with Crippen molar-refractivity contribution in [3.63, 3.8) is 0 Å². The first-order valence-corrected chi connectivity index (χ1v) is 6.80. The maximum absolute atomic E-state index is 11.9. The highest BCUT2D eigenvalue weighted by atomic mass is 16.2. The molecule has 16 heavy (non-hydrogen) atoms. The lowest BCUT2D eigenvalue weighted by Crippen LogP contribution is -2.42. The molecular weight excluding hydrogens is 200 g/mol. The van der Waals surface area contributed by atoms with Crippen molar-refractivity contribution in [2.24, 2.45) is 5.92 Å². The Morgan fingerprint density at radius 3 is 2.25 bits per heavy atom. The smallest absolute Gasteiger partial charge is 0.317 e. The zero-order valence-corrected chi connectivity index (χ0v) is 10.8. The fourth-order valence-electron chi connectivity index (χ4n) is 2.41. The van der Waals surface area contributed by atoms with E-state index in [9.17, 15) is 4.79 Å². The van der Waals surface area contributed by atoms with Crippen molar-refractivity contribution in [1.82, 2.24) is 10.2 Å². The van der Waals surface area contributed by atoms with Crippen LogP contribution in [0, 0.1) is 5.92 Å². The summed E-state index contributed by atoms with van der Waals surface area (Å²) in [5.74, 6) is 0.731. The first-order valence-electron chi connectivity index (χ1n) is 6.80. The third-order valence-electron chi connectivity index (χ3n) is 3.29. The molecule has 0 unspecified atom stereocenters. The molecule has 0 atom stereocenters. The quantitative estimate of drug-likeness (QED) is 0.742. The van der Waals surface area contributed by atoms with Crippen LogP contribution in [0.1, 0.15) is 52.4 Å². The molecule has 3 heteroatoms. The van der Waals surface area contributed by atoms with Gasteiger partial charge in [0.1, 0.15) is 0 Å². The Morgan fingerprint density at radius 1 is 1.19 bits per heavy atom. The number of nitrogens with zero attached hydrogens (tertiary/aromatic N) is 1. The molecule has 1 aliphatic rings. The number of rotatable bonds is 6. The summed E-state index contributed by atoms with van der Waals surface area (Å²) in [5, 5.41) is 3.08. The van der Waals surface area contributed by atoms with Crippen molar-refractivity contribution in [1.29, 1.82) is 0 Å². The minimum Gasteiger partial charge on any atom is -0.338 e. The van der Waals surface area contributed by atoms with E-state index in [1.165, 1.54) is 25.7 Å². The summed E-state index contributed by atoms with van der Waals surface area (Å²) in [4.78, 5) is 13.8. The van der Waals surface area contributed by atoms with Gasteiger partial charge in [-0.2, -0.15) is 0 Å². The minimum absolute atomic E-state index is 0.135. The van der Waals surface area contributed by atoms with Crippen molar-refractivity contribution in [3.05, 3.63) is 0 Å². The number of amides is 2. The molecule has 0 heterocycles. The van der Waals surface area contributed by atoms with Crippen LogP contribution in [0.15, 0.2) is 0 Å². The van der Waals surface area contributed by atoms with Crippen LogP contribution in [0.25, 0.3) is 0 Å². The van der Waals surface area contributed by atoms with Crippen LogP contribution in [0.4, 0.5) is 4.79 Å². The highest BCUT2D eigenvalue weighted by Crippen LogP contribution is 2.23. The molecule has 2 amide bonds. The topological polar surface area (TPSA) is 32.3 Å². The van der Waals surface area contributed by atoms with Gasteiger partial charge in [0.2, 0.25) is 0 Å². The second-order valence-corrected chi connectivity index (χ2v) is 4.82. The third-order valence-corrected chi connectivity index (χ3v) is 3.29. The van der Waals surface area contributed by atoms with Gasteiger partial charge in [-0.1, -0.05) is 26.7 Å². The second-order valence-electron chi connectivity index (χ2n) is 4.82. The van der Waals surface area contributed by atoms with Crippen molar-refractivity contribution < 1.29 is 4.79 Å². The Labute approximate surface area is 99.6 Å². The number of carbonyl (C=O) groups is 1. The van der Waals surface area contributed by atoms with Gasteiger partial charge in [0.05, 0.1) is 0 Å². The van der Waals surface area contributed by atoms with Crippen molar-refractivity contribution >= 4 is 6.03 Å². The number of hydrogen-bond donors (Lipinski definition) is 1. The molecule has 0 aromatic heterocycles. The first kappa shape index (κ1) is 13.3. The van der Waals surface area contributed by atoms with Gasteiger partial charge in [0, 0.05) is 19.6 Å².